The van der Waals surface area contributed by atoms with E-state index in [1.807, 2.05) is 0 Å². The van der Waals surface area contributed by atoms with Gasteiger partial charge in [-0.2, -0.15) is 11.8 Å². The van der Waals surface area contributed by atoms with Crippen LogP contribution in [0.1, 0.15) is 119 Å². The van der Waals surface area contributed by atoms with Gasteiger partial charge >= 0.3 is 0 Å². The maximum Gasteiger partial charge on any atom is 0.202 e. The van der Waals surface area contributed by atoms with Gasteiger partial charge in [-0.25, -0.2) is 0 Å². The van der Waals surface area contributed by atoms with E-state index < -0.39 is 16.6 Å². The average molecular weight is 491 g/mol. The first-order valence-corrected chi connectivity index (χ1v) is 20.1. The van der Waals surface area contributed by atoms with Gasteiger partial charge in [0.2, 0.25) is 16.6 Å². The predicted molar refractivity (Wildman–Crippen MR) is 149 cm³/mol. The molecule has 0 unspecified atom stereocenters. The SMILES string of the molecule is CCCCO[Si](CCCC)(CCCC)CSC[Si](CCCC)(CCCC)OCCCC. The molecule has 0 saturated heterocycles. The van der Waals surface area contributed by atoms with Crippen molar-refractivity contribution in [1.82, 2.24) is 0 Å². The molecule has 0 saturated carbocycles. The van der Waals surface area contributed by atoms with Gasteiger partial charge in [0, 0.05) is 24.0 Å². The summed E-state index contributed by atoms with van der Waals surface area (Å²) >= 11 is 2.26. The first-order valence-electron chi connectivity index (χ1n) is 13.9. The summed E-state index contributed by atoms with van der Waals surface area (Å²) in [4.78, 5) is 0. The summed E-state index contributed by atoms with van der Waals surface area (Å²) in [6, 6.07) is 5.48. The molecule has 2 nitrogen and oxygen atoms in total. The molecule has 0 aliphatic rings. The van der Waals surface area contributed by atoms with Crippen LogP contribution in [0.25, 0.3) is 0 Å². The van der Waals surface area contributed by atoms with Crippen molar-refractivity contribution in [3.8, 4) is 0 Å². The highest BCUT2D eigenvalue weighted by Crippen LogP contribution is 2.32. The van der Waals surface area contributed by atoms with Crippen molar-refractivity contribution in [2.75, 3.05) is 24.0 Å². The molecule has 5 heteroatoms. The first-order chi connectivity index (χ1) is 15.1. The largest absolute Gasteiger partial charge is 0.416 e. The molecule has 0 aliphatic heterocycles. The fraction of sp³-hybridized carbons (Fsp3) is 1.00. The second-order valence-corrected chi connectivity index (χ2v) is 19.7. The molecule has 0 aromatic rings. The van der Waals surface area contributed by atoms with Gasteiger partial charge in [-0.1, -0.05) is 106 Å². The maximum absolute atomic E-state index is 6.84. The lowest BCUT2D eigenvalue weighted by atomic mass is 10.4. The van der Waals surface area contributed by atoms with E-state index in [-0.39, 0.29) is 0 Å². The van der Waals surface area contributed by atoms with Crippen LogP contribution in [0.4, 0.5) is 0 Å². The Morgan fingerprint density at radius 2 is 0.742 bits per heavy atom. The monoisotopic (exact) mass is 490 g/mol. The third-order valence-electron chi connectivity index (χ3n) is 6.49. The van der Waals surface area contributed by atoms with E-state index in [0.717, 1.165) is 13.2 Å². The van der Waals surface area contributed by atoms with Gasteiger partial charge in [0.1, 0.15) is 0 Å². The van der Waals surface area contributed by atoms with E-state index in [1.54, 1.807) is 0 Å². The molecule has 0 heterocycles. The number of unbranched alkanes of at least 4 members (excludes halogenated alkanes) is 6. The lowest BCUT2D eigenvalue weighted by molar-refractivity contribution is 0.291. The molecule has 0 aliphatic carbocycles. The van der Waals surface area contributed by atoms with Crippen molar-refractivity contribution in [2.45, 2.75) is 143 Å². The normalized spacial score (nSPS) is 12.6. The van der Waals surface area contributed by atoms with Crippen LogP contribution in [0, 0.1) is 0 Å². The summed E-state index contributed by atoms with van der Waals surface area (Å²) in [5.74, 6) is 0. The van der Waals surface area contributed by atoms with Gasteiger partial charge in [-0.15, -0.1) is 0 Å². The molecule has 0 amide bonds. The minimum absolute atomic E-state index is 0.998. The van der Waals surface area contributed by atoms with Crippen molar-refractivity contribution < 1.29 is 8.85 Å². The van der Waals surface area contributed by atoms with Crippen LogP contribution in [0.5, 0.6) is 0 Å². The summed E-state index contributed by atoms with van der Waals surface area (Å²) in [6.45, 7) is 15.9. The Morgan fingerprint density at radius 1 is 0.452 bits per heavy atom. The molecule has 31 heavy (non-hydrogen) atoms. The van der Waals surface area contributed by atoms with E-state index in [2.05, 4.69) is 53.3 Å². The van der Waals surface area contributed by atoms with Crippen molar-refractivity contribution in [1.29, 1.82) is 0 Å². The quantitative estimate of drug-likeness (QED) is 0.0990. The highest BCUT2D eigenvalue weighted by molar-refractivity contribution is 8.02. The van der Waals surface area contributed by atoms with E-state index >= 15 is 0 Å². The Labute approximate surface area is 203 Å². The topological polar surface area (TPSA) is 18.5 Å². The molecule has 0 radical (unpaired) electrons. The van der Waals surface area contributed by atoms with Gasteiger partial charge < -0.3 is 8.85 Å². The molecular formula is C26H58O2SSi2. The van der Waals surface area contributed by atoms with E-state index in [9.17, 15) is 0 Å². The van der Waals surface area contributed by atoms with Crippen LogP contribution in [0.15, 0.2) is 0 Å². The molecule has 0 fully saturated rings. The maximum atomic E-state index is 6.84. The Morgan fingerprint density at radius 3 is 1.00 bits per heavy atom. The van der Waals surface area contributed by atoms with Crippen LogP contribution in [-0.2, 0) is 8.85 Å². The molecule has 0 aromatic carbocycles. The van der Waals surface area contributed by atoms with E-state index in [4.69, 9.17) is 8.85 Å². The van der Waals surface area contributed by atoms with Crippen molar-refractivity contribution >= 4 is 28.4 Å². The van der Waals surface area contributed by atoms with Gasteiger partial charge in [-0.05, 0) is 37.0 Å². The summed E-state index contributed by atoms with van der Waals surface area (Å²) in [5, 5.41) is 2.61. The molecule has 0 bridgehead atoms. The second kappa shape index (κ2) is 21.3. The molecule has 188 valence electrons. The molecule has 0 atom stereocenters. The summed E-state index contributed by atoms with van der Waals surface area (Å²) < 4.78 is 13.7. The third kappa shape index (κ3) is 15.3. The van der Waals surface area contributed by atoms with Gasteiger partial charge in [0.15, 0.2) is 0 Å². The summed E-state index contributed by atoms with van der Waals surface area (Å²) in [7, 11) is -3.29. The summed E-state index contributed by atoms with van der Waals surface area (Å²) in [5.41, 5.74) is 0. The molecule has 0 N–H and O–H groups in total. The highest BCUT2D eigenvalue weighted by Gasteiger charge is 2.38. The van der Waals surface area contributed by atoms with Crippen LogP contribution in [0.3, 0.4) is 0 Å². The van der Waals surface area contributed by atoms with Gasteiger partial charge in [-0.3, -0.25) is 0 Å². The number of rotatable bonds is 24. The van der Waals surface area contributed by atoms with Crippen molar-refractivity contribution in [3.63, 3.8) is 0 Å². The van der Waals surface area contributed by atoms with Crippen LogP contribution in [0.2, 0.25) is 24.2 Å². The minimum Gasteiger partial charge on any atom is -0.416 e. The third-order valence-corrected chi connectivity index (χ3v) is 19.0. The smallest absolute Gasteiger partial charge is 0.202 e. The Balaban J connectivity index is 5.28. The highest BCUT2D eigenvalue weighted by atomic mass is 32.2. The van der Waals surface area contributed by atoms with E-state index in [0.29, 0.717) is 0 Å². The minimum atomic E-state index is -1.65. The van der Waals surface area contributed by atoms with E-state index in [1.165, 1.54) is 112 Å². The molecule has 0 rings (SSSR count). The van der Waals surface area contributed by atoms with Crippen molar-refractivity contribution in [2.24, 2.45) is 0 Å². The van der Waals surface area contributed by atoms with Crippen LogP contribution in [-0.4, -0.2) is 40.6 Å². The van der Waals surface area contributed by atoms with Crippen LogP contribution < -0.4 is 0 Å². The Kier molecular flexibility index (Phi) is 21.7. The van der Waals surface area contributed by atoms with Gasteiger partial charge in [0.25, 0.3) is 0 Å². The number of hydrogen-bond donors (Lipinski definition) is 0. The summed E-state index contributed by atoms with van der Waals surface area (Å²) in [6.07, 6.45) is 15.5. The predicted octanol–water partition coefficient (Wildman–Crippen LogP) is 9.52. The molecule has 0 spiro atoms. The number of thioether (sulfide) groups is 1. The average Bonchev–Trinajstić information content (AvgIpc) is 2.78. The lowest BCUT2D eigenvalue weighted by Gasteiger charge is -2.35. The Bertz CT molecular complexity index is 332. The zero-order valence-electron chi connectivity index (χ0n) is 22.4. The Hall–Kier alpha value is 0.704. The zero-order chi connectivity index (χ0) is 23.3. The number of hydrogen-bond acceptors (Lipinski definition) is 3. The van der Waals surface area contributed by atoms with Crippen molar-refractivity contribution in [3.05, 3.63) is 0 Å². The first kappa shape index (κ1) is 31.7. The fourth-order valence-electron chi connectivity index (χ4n) is 4.20. The van der Waals surface area contributed by atoms with Gasteiger partial charge in [0.05, 0.1) is 0 Å². The van der Waals surface area contributed by atoms with Crippen LogP contribution >= 0.6 is 11.8 Å². The standard InChI is InChI=1S/C26H58O2SSi2/c1-7-13-19-27-30(21-15-9-3,22-16-10-4)25-29-26-31(23-17-11-5,24-18-12-6)28-20-14-8-2/h7-26H2,1-6H3. The molecule has 0 aromatic heterocycles. The second-order valence-electron chi connectivity index (χ2n) is 9.68. The zero-order valence-corrected chi connectivity index (χ0v) is 25.2. The fourth-order valence-corrected chi connectivity index (χ4v) is 17.7. The lowest BCUT2D eigenvalue weighted by Crippen LogP contribution is -2.45. The molecular weight excluding hydrogens is 433 g/mol.